The van der Waals surface area contributed by atoms with Gasteiger partial charge in [-0.15, -0.1) is 5.10 Å². The van der Waals surface area contributed by atoms with Crippen LogP contribution in [0.2, 0.25) is 0 Å². The second kappa shape index (κ2) is 5.54. The van der Waals surface area contributed by atoms with Crippen molar-refractivity contribution < 1.29 is 4.74 Å². The molecule has 2 unspecified atom stereocenters. The Bertz CT molecular complexity index is 393. The third kappa shape index (κ3) is 2.67. The van der Waals surface area contributed by atoms with Crippen molar-refractivity contribution in [3.05, 3.63) is 0 Å². The maximum absolute atomic E-state index is 5.58. The summed E-state index contributed by atoms with van der Waals surface area (Å²) in [5, 5.41) is 16.9. The summed E-state index contributed by atoms with van der Waals surface area (Å²) in [6, 6.07) is 1.03. The van der Waals surface area contributed by atoms with Crippen LogP contribution in [0.5, 0.6) is 0 Å². The Balaban J connectivity index is 1.67. The third-order valence-corrected chi connectivity index (χ3v) is 4.63. The van der Waals surface area contributed by atoms with E-state index in [1.54, 1.807) is 11.8 Å². The van der Waals surface area contributed by atoms with Crippen LogP contribution in [-0.4, -0.2) is 51.3 Å². The van der Waals surface area contributed by atoms with E-state index in [1.165, 1.54) is 12.8 Å². The lowest BCUT2D eigenvalue weighted by atomic mass is 10.1. The van der Waals surface area contributed by atoms with Crippen molar-refractivity contribution in [3.8, 4) is 0 Å². The summed E-state index contributed by atoms with van der Waals surface area (Å²) in [5.74, 6) is 0. The first-order chi connectivity index (χ1) is 8.88. The molecular formula is C11H19N5OS. The molecule has 2 aliphatic rings. The summed E-state index contributed by atoms with van der Waals surface area (Å²) in [4.78, 5) is 0. The van der Waals surface area contributed by atoms with E-state index in [0.29, 0.717) is 17.3 Å². The SMILES string of the molecule is CCNC1CCOCC1Sc1nnnn1C1CC1. The van der Waals surface area contributed by atoms with E-state index in [1.807, 2.05) is 4.68 Å². The predicted octanol–water partition coefficient (Wildman–Crippen LogP) is 0.867. The number of hydrogen-bond acceptors (Lipinski definition) is 6. The molecule has 1 aromatic rings. The highest BCUT2D eigenvalue weighted by Gasteiger charge is 2.32. The summed E-state index contributed by atoms with van der Waals surface area (Å²) in [7, 11) is 0. The minimum atomic E-state index is 0.405. The van der Waals surface area contributed by atoms with Gasteiger partial charge in [0, 0.05) is 12.6 Å². The van der Waals surface area contributed by atoms with Crippen molar-refractivity contribution >= 4 is 11.8 Å². The fraction of sp³-hybridized carbons (Fsp3) is 0.909. The average Bonchev–Trinajstić information content (AvgIpc) is 3.13. The zero-order chi connectivity index (χ0) is 12.4. The highest BCUT2D eigenvalue weighted by Crippen LogP contribution is 2.38. The Morgan fingerprint density at radius 2 is 2.33 bits per heavy atom. The molecular weight excluding hydrogens is 250 g/mol. The van der Waals surface area contributed by atoms with Crippen LogP contribution in [0.1, 0.15) is 32.2 Å². The van der Waals surface area contributed by atoms with Gasteiger partial charge in [-0.3, -0.25) is 0 Å². The lowest BCUT2D eigenvalue weighted by Crippen LogP contribution is -2.44. The van der Waals surface area contributed by atoms with Crippen molar-refractivity contribution in [2.45, 2.75) is 48.7 Å². The van der Waals surface area contributed by atoms with Crippen molar-refractivity contribution in [2.75, 3.05) is 19.8 Å². The number of hydrogen-bond donors (Lipinski definition) is 1. The smallest absolute Gasteiger partial charge is 0.209 e. The van der Waals surface area contributed by atoms with Crippen LogP contribution < -0.4 is 5.32 Å². The molecule has 1 saturated carbocycles. The molecule has 2 heterocycles. The summed E-state index contributed by atoms with van der Waals surface area (Å²) in [6.45, 7) is 4.77. The summed E-state index contributed by atoms with van der Waals surface area (Å²) in [5.41, 5.74) is 0. The van der Waals surface area contributed by atoms with Crippen molar-refractivity contribution in [1.29, 1.82) is 0 Å². The van der Waals surface area contributed by atoms with Crippen LogP contribution in [0.3, 0.4) is 0 Å². The van der Waals surface area contributed by atoms with E-state index < -0.39 is 0 Å². The number of nitrogens with zero attached hydrogens (tertiary/aromatic N) is 4. The number of nitrogens with one attached hydrogen (secondary N) is 1. The van der Waals surface area contributed by atoms with Gasteiger partial charge < -0.3 is 10.1 Å². The Hall–Kier alpha value is -0.660. The van der Waals surface area contributed by atoms with Gasteiger partial charge >= 0.3 is 0 Å². The van der Waals surface area contributed by atoms with E-state index in [0.717, 1.165) is 31.3 Å². The molecule has 0 radical (unpaired) electrons. The molecule has 2 atom stereocenters. The van der Waals surface area contributed by atoms with Gasteiger partial charge in [-0.1, -0.05) is 18.7 Å². The Morgan fingerprint density at radius 1 is 1.44 bits per heavy atom. The minimum absolute atomic E-state index is 0.405. The van der Waals surface area contributed by atoms with Crippen LogP contribution in [0.4, 0.5) is 0 Å². The second-order valence-electron chi connectivity index (χ2n) is 4.82. The Kier molecular flexibility index (Phi) is 3.81. The molecule has 1 N–H and O–H groups in total. The largest absolute Gasteiger partial charge is 0.380 e. The van der Waals surface area contributed by atoms with Gasteiger partial charge in [-0.2, -0.15) is 0 Å². The molecule has 1 aromatic heterocycles. The summed E-state index contributed by atoms with van der Waals surface area (Å²) in [6.07, 6.45) is 3.48. The van der Waals surface area contributed by atoms with Crippen molar-refractivity contribution in [1.82, 2.24) is 25.5 Å². The second-order valence-corrected chi connectivity index (χ2v) is 6.03. The minimum Gasteiger partial charge on any atom is -0.380 e. The number of rotatable bonds is 5. The van der Waals surface area contributed by atoms with Gasteiger partial charge in [0.1, 0.15) is 0 Å². The highest BCUT2D eigenvalue weighted by molar-refractivity contribution is 7.99. The van der Waals surface area contributed by atoms with Crippen molar-refractivity contribution in [3.63, 3.8) is 0 Å². The quantitative estimate of drug-likeness (QED) is 0.855. The maximum Gasteiger partial charge on any atom is 0.209 e. The lowest BCUT2D eigenvalue weighted by Gasteiger charge is -2.31. The van der Waals surface area contributed by atoms with Crippen LogP contribution in [0.15, 0.2) is 5.16 Å². The van der Waals surface area contributed by atoms with Gasteiger partial charge in [0.05, 0.1) is 17.9 Å². The van der Waals surface area contributed by atoms with Gasteiger partial charge in [0.15, 0.2) is 0 Å². The lowest BCUT2D eigenvalue weighted by molar-refractivity contribution is 0.0836. The molecule has 100 valence electrons. The van der Waals surface area contributed by atoms with Crippen molar-refractivity contribution in [2.24, 2.45) is 0 Å². The molecule has 18 heavy (non-hydrogen) atoms. The summed E-state index contributed by atoms with van der Waals surface area (Å²) < 4.78 is 7.56. The van der Waals surface area contributed by atoms with E-state index in [4.69, 9.17) is 4.74 Å². The molecule has 2 fully saturated rings. The molecule has 1 aliphatic carbocycles. The zero-order valence-electron chi connectivity index (χ0n) is 10.6. The molecule has 1 saturated heterocycles. The van der Waals surface area contributed by atoms with Crippen LogP contribution in [-0.2, 0) is 4.74 Å². The van der Waals surface area contributed by atoms with Gasteiger partial charge in [0.2, 0.25) is 5.16 Å². The highest BCUT2D eigenvalue weighted by atomic mass is 32.2. The fourth-order valence-corrected chi connectivity index (χ4v) is 3.48. The standard InChI is InChI=1S/C11H19N5OS/c1-2-12-9-5-6-17-7-10(9)18-11-13-14-15-16(11)8-3-4-8/h8-10,12H,2-7H2,1H3. The first kappa shape index (κ1) is 12.4. The first-order valence-corrected chi connectivity index (χ1v) is 7.52. The van der Waals surface area contributed by atoms with Crippen LogP contribution in [0.25, 0.3) is 0 Å². The van der Waals surface area contributed by atoms with E-state index in [2.05, 4.69) is 27.8 Å². The van der Waals surface area contributed by atoms with Crippen LogP contribution in [0, 0.1) is 0 Å². The molecule has 0 bridgehead atoms. The zero-order valence-corrected chi connectivity index (χ0v) is 11.4. The number of thioether (sulfide) groups is 1. The molecule has 0 spiro atoms. The molecule has 6 nitrogen and oxygen atoms in total. The Morgan fingerprint density at radius 3 is 3.11 bits per heavy atom. The fourth-order valence-electron chi connectivity index (χ4n) is 2.27. The molecule has 1 aliphatic heterocycles. The number of ether oxygens (including phenoxy) is 1. The normalized spacial score (nSPS) is 28.5. The topological polar surface area (TPSA) is 64.9 Å². The molecule has 0 amide bonds. The van der Waals surface area contributed by atoms with E-state index in [9.17, 15) is 0 Å². The van der Waals surface area contributed by atoms with Gasteiger partial charge in [0.25, 0.3) is 0 Å². The van der Waals surface area contributed by atoms with Gasteiger partial charge in [-0.25, -0.2) is 4.68 Å². The first-order valence-electron chi connectivity index (χ1n) is 6.64. The molecule has 7 heteroatoms. The predicted molar refractivity (Wildman–Crippen MR) is 68.6 cm³/mol. The monoisotopic (exact) mass is 269 g/mol. The van der Waals surface area contributed by atoms with E-state index >= 15 is 0 Å². The third-order valence-electron chi connectivity index (χ3n) is 3.38. The molecule has 3 rings (SSSR count). The molecule has 0 aromatic carbocycles. The Labute approximate surface area is 111 Å². The average molecular weight is 269 g/mol. The van der Waals surface area contributed by atoms with Crippen LogP contribution >= 0.6 is 11.8 Å². The van der Waals surface area contributed by atoms with E-state index in [-0.39, 0.29) is 0 Å². The number of tetrazole rings is 1. The maximum atomic E-state index is 5.58. The summed E-state index contributed by atoms with van der Waals surface area (Å²) >= 11 is 1.75. The number of aromatic nitrogens is 4. The van der Waals surface area contributed by atoms with Gasteiger partial charge in [-0.05, 0) is 36.2 Å².